The van der Waals surface area contributed by atoms with Crippen LogP contribution in [0.5, 0.6) is 5.75 Å². The fourth-order valence-corrected chi connectivity index (χ4v) is 3.69. The first-order valence-electron chi connectivity index (χ1n) is 10.1. The van der Waals surface area contributed by atoms with E-state index in [1.165, 1.54) is 59.6 Å². The normalized spacial score (nSPS) is 12.4. The quantitative estimate of drug-likeness (QED) is 0.388. The van der Waals surface area contributed by atoms with Gasteiger partial charge in [-0.25, -0.2) is 18.2 Å². The van der Waals surface area contributed by atoms with Crippen molar-refractivity contribution in [2.45, 2.75) is 5.67 Å². The summed E-state index contributed by atoms with van der Waals surface area (Å²) < 4.78 is 51.8. The topological polar surface area (TPSA) is 74.6 Å². The maximum absolute atomic E-state index is 16.6. The summed E-state index contributed by atoms with van der Waals surface area (Å²) in [5.41, 5.74) is -0.710. The van der Waals surface area contributed by atoms with Crippen LogP contribution in [0.1, 0.15) is 22.4 Å². The summed E-state index contributed by atoms with van der Waals surface area (Å²) in [5, 5.41) is 18.4. The molecule has 4 rings (SSSR count). The van der Waals surface area contributed by atoms with E-state index in [2.05, 4.69) is 4.98 Å². The summed E-state index contributed by atoms with van der Waals surface area (Å²) in [5.74, 6) is -1.45. The van der Waals surface area contributed by atoms with Crippen molar-refractivity contribution in [2.24, 2.45) is 7.05 Å². The molecule has 1 atom stereocenters. The van der Waals surface area contributed by atoms with Gasteiger partial charge < -0.3 is 9.30 Å². The maximum Gasteiger partial charge on any atom is 0.210 e. The van der Waals surface area contributed by atoms with Crippen molar-refractivity contribution in [1.29, 1.82) is 10.5 Å². The van der Waals surface area contributed by atoms with Crippen LogP contribution in [-0.2, 0) is 12.7 Å². The molecule has 0 saturated carbocycles. The van der Waals surface area contributed by atoms with Gasteiger partial charge in [-0.05, 0) is 53.6 Å². The number of hydrogen-bond donors (Lipinski definition) is 0. The third kappa shape index (κ3) is 4.35. The largest absolute Gasteiger partial charge is 0.489 e. The van der Waals surface area contributed by atoms with E-state index in [0.29, 0.717) is 5.56 Å². The Morgan fingerprint density at radius 2 is 1.59 bits per heavy atom. The third-order valence-corrected chi connectivity index (χ3v) is 5.40. The maximum atomic E-state index is 16.6. The number of aryl methyl sites for hydroxylation is 1. The lowest BCUT2D eigenvalue weighted by Gasteiger charge is -2.27. The number of imidazole rings is 1. The molecule has 1 unspecified atom stereocenters. The molecule has 0 saturated heterocycles. The van der Waals surface area contributed by atoms with E-state index in [-0.39, 0.29) is 33.7 Å². The Kier molecular flexibility index (Phi) is 6.07. The van der Waals surface area contributed by atoms with Crippen molar-refractivity contribution in [3.8, 4) is 29.0 Å². The predicted molar refractivity (Wildman–Crippen MR) is 118 cm³/mol. The van der Waals surface area contributed by atoms with E-state index in [1.807, 2.05) is 12.1 Å². The van der Waals surface area contributed by atoms with E-state index in [0.717, 1.165) is 18.2 Å². The molecule has 3 aromatic carbocycles. The molecule has 8 heteroatoms. The van der Waals surface area contributed by atoms with Gasteiger partial charge in [0.15, 0.2) is 0 Å². The smallest absolute Gasteiger partial charge is 0.210 e. The molecule has 0 aliphatic carbocycles. The minimum Gasteiger partial charge on any atom is -0.489 e. The van der Waals surface area contributed by atoms with Gasteiger partial charge >= 0.3 is 0 Å². The van der Waals surface area contributed by atoms with Crippen molar-refractivity contribution in [1.82, 2.24) is 9.55 Å². The molecule has 4 aromatic rings. The Hall–Kier alpha value is -4.56. The Morgan fingerprint density at radius 1 is 0.941 bits per heavy atom. The highest BCUT2D eigenvalue weighted by Crippen LogP contribution is 2.37. The second-order valence-electron chi connectivity index (χ2n) is 7.65. The molecule has 5 nitrogen and oxygen atoms in total. The Bertz CT molecular complexity index is 1410. The van der Waals surface area contributed by atoms with Gasteiger partial charge in [0.2, 0.25) is 5.67 Å². The Morgan fingerprint density at radius 3 is 2.18 bits per heavy atom. The van der Waals surface area contributed by atoms with E-state index >= 15 is 4.39 Å². The van der Waals surface area contributed by atoms with E-state index in [9.17, 15) is 14.0 Å². The van der Waals surface area contributed by atoms with Crippen LogP contribution in [0.4, 0.5) is 13.2 Å². The molecule has 0 bridgehead atoms. The predicted octanol–water partition coefficient (Wildman–Crippen LogP) is 5.40. The van der Waals surface area contributed by atoms with Gasteiger partial charge in [0.1, 0.15) is 24.0 Å². The van der Waals surface area contributed by atoms with Gasteiger partial charge in [-0.3, -0.25) is 0 Å². The highest BCUT2D eigenvalue weighted by atomic mass is 19.1. The first-order chi connectivity index (χ1) is 16.3. The standard InChI is InChI=1S/C26H17F3N4O/c1-33-16-32-14-25(33)26(29,20-5-2-17(12-30)3-6-20)15-34-24-7-4-18(13-31)8-23(24)19-9-21(27)11-22(28)10-19/h2-11,14,16H,15H2,1H3. The van der Waals surface area contributed by atoms with Crippen molar-refractivity contribution < 1.29 is 17.9 Å². The summed E-state index contributed by atoms with van der Waals surface area (Å²) in [4.78, 5) is 4.00. The summed E-state index contributed by atoms with van der Waals surface area (Å²) in [6.07, 6.45) is 2.83. The van der Waals surface area contributed by atoms with Crippen LogP contribution in [0.25, 0.3) is 11.1 Å². The highest BCUT2D eigenvalue weighted by Gasteiger charge is 2.38. The molecule has 0 N–H and O–H groups in total. The van der Waals surface area contributed by atoms with Crippen LogP contribution in [0.3, 0.4) is 0 Å². The van der Waals surface area contributed by atoms with Crippen LogP contribution < -0.4 is 4.74 Å². The van der Waals surface area contributed by atoms with Gasteiger partial charge in [0, 0.05) is 18.7 Å². The minimum absolute atomic E-state index is 0.141. The Balaban J connectivity index is 1.77. The van der Waals surface area contributed by atoms with E-state index in [4.69, 9.17) is 10.00 Å². The Labute approximate surface area is 193 Å². The summed E-state index contributed by atoms with van der Waals surface area (Å²) in [6, 6.07) is 17.3. The van der Waals surface area contributed by atoms with Gasteiger partial charge in [-0.1, -0.05) is 12.1 Å². The fraction of sp³-hybridized carbons (Fsp3) is 0.115. The van der Waals surface area contributed by atoms with E-state index in [1.54, 1.807) is 7.05 Å². The summed E-state index contributed by atoms with van der Waals surface area (Å²) >= 11 is 0. The average molecular weight is 458 g/mol. The lowest BCUT2D eigenvalue weighted by atomic mass is 9.92. The zero-order chi connectivity index (χ0) is 24.3. The number of nitriles is 2. The number of rotatable bonds is 6. The highest BCUT2D eigenvalue weighted by molar-refractivity contribution is 5.72. The molecule has 0 spiro atoms. The van der Waals surface area contributed by atoms with Crippen molar-refractivity contribution >= 4 is 0 Å². The van der Waals surface area contributed by atoms with Gasteiger partial charge in [-0.2, -0.15) is 10.5 Å². The minimum atomic E-state index is -2.17. The molecule has 0 amide bonds. The molecule has 34 heavy (non-hydrogen) atoms. The van der Waals surface area contributed by atoms with Gasteiger partial charge in [0.25, 0.3) is 0 Å². The number of ether oxygens (including phenoxy) is 1. The number of aromatic nitrogens is 2. The van der Waals surface area contributed by atoms with Crippen molar-refractivity contribution in [2.75, 3.05) is 6.61 Å². The average Bonchev–Trinajstić information content (AvgIpc) is 3.28. The molecule has 168 valence electrons. The monoisotopic (exact) mass is 458 g/mol. The number of halogens is 3. The second-order valence-corrected chi connectivity index (χ2v) is 7.65. The lowest BCUT2D eigenvalue weighted by Crippen LogP contribution is -2.32. The number of alkyl halides is 1. The molecule has 1 heterocycles. The van der Waals surface area contributed by atoms with Gasteiger partial charge in [-0.15, -0.1) is 0 Å². The molecule has 0 aliphatic rings. The fourth-order valence-electron chi connectivity index (χ4n) is 3.69. The number of hydrogen-bond acceptors (Lipinski definition) is 4. The lowest BCUT2D eigenvalue weighted by molar-refractivity contribution is 0.115. The molecule has 0 aliphatic heterocycles. The van der Waals surface area contributed by atoms with Crippen LogP contribution in [0.2, 0.25) is 0 Å². The number of nitrogens with zero attached hydrogens (tertiary/aromatic N) is 4. The SMILES string of the molecule is Cn1cncc1C(F)(COc1ccc(C#N)cc1-c1cc(F)cc(F)c1)c1ccc(C#N)cc1. The molecule has 1 aromatic heterocycles. The van der Waals surface area contributed by atoms with Gasteiger partial charge in [0.05, 0.1) is 41.5 Å². The van der Waals surface area contributed by atoms with Crippen molar-refractivity contribution in [3.63, 3.8) is 0 Å². The van der Waals surface area contributed by atoms with E-state index < -0.39 is 23.9 Å². The third-order valence-electron chi connectivity index (χ3n) is 5.40. The van der Waals surface area contributed by atoms with Crippen LogP contribution in [0.15, 0.2) is 73.2 Å². The molecular formula is C26H17F3N4O. The second kappa shape index (κ2) is 9.13. The molecular weight excluding hydrogens is 441 g/mol. The zero-order valence-electron chi connectivity index (χ0n) is 18.0. The zero-order valence-corrected chi connectivity index (χ0v) is 18.0. The van der Waals surface area contributed by atoms with Crippen LogP contribution in [-0.4, -0.2) is 16.2 Å². The van der Waals surface area contributed by atoms with Crippen LogP contribution in [0, 0.1) is 34.3 Å². The van der Waals surface area contributed by atoms with Crippen molar-refractivity contribution in [3.05, 3.63) is 107 Å². The first kappa shape index (κ1) is 22.6. The van der Waals surface area contributed by atoms with Crippen LogP contribution >= 0.6 is 0 Å². The summed E-state index contributed by atoms with van der Waals surface area (Å²) in [7, 11) is 1.64. The molecule has 0 radical (unpaired) electrons. The number of benzene rings is 3. The summed E-state index contributed by atoms with van der Waals surface area (Å²) in [6.45, 7) is -0.505. The molecule has 0 fully saturated rings. The first-order valence-corrected chi connectivity index (χ1v) is 10.1.